The number of nitrogens with zero attached hydrogens (tertiary/aromatic N) is 3. The molecule has 0 fully saturated rings. The maximum Gasteiger partial charge on any atom is 0.163 e. The Morgan fingerprint density at radius 1 is 1.09 bits per heavy atom. The first-order valence-corrected chi connectivity index (χ1v) is 6.93. The van der Waals surface area contributed by atoms with E-state index < -0.39 is 0 Å². The molecule has 1 heterocycles. The first kappa shape index (κ1) is 13.9. The summed E-state index contributed by atoms with van der Waals surface area (Å²) in [5, 5.41) is 13.5. The number of aromatic nitrogens is 2. The smallest absolute Gasteiger partial charge is 0.163 e. The SMILES string of the molecule is COc1cccc(-n2nc(C#N)cc2-c2ccc(C)cc2)c1. The zero-order valence-electron chi connectivity index (χ0n) is 12.4. The van der Waals surface area contributed by atoms with Crippen LogP contribution in [0.4, 0.5) is 0 Å². The molecule has 0 aliphatic carbocycles. The highest BCUT2D eigenvalue weighted by atomic mass is 16.5. The first-order valence-electron chi connectivity index (χ1n) is 6.93. The van der Waals surface area contributed by atoms with Crippen molar-refractivity contribution in [2.75, 3.05) is 7.11 Å². The lowest BCUT2D eigenvalue weighted by Gasteiger charge is -2.09. The maximum atomic E-state index is 9.16. The summed E-state index contributed by atoms with van der Waals surface area (Å²) in [6, 6.07) is 19.7. The minimum absolute atomic E-state index is 0.387. The molecule has 0 unspecified atom stereocenters. The number of aryl methyl sites for hydroxylation is 1. The van der Waals surface area contributed by atoms with E-state index in [1.165, 1.54) is 5.56 Å². The van der Waals surface area contributed by atoms with Crippen LogP contribution in [0.1, 0.15) is 11.3 Å². The zero-order valence-corrected chi connectivity index (χ0v) is 12.4. The predicted molar refractivity (Wildman–Crippen MR) is 85.0 cm³/mol. The van der Waals surface area contributed by atoms with Gasteiger partial charge in [-0.15, -0.1) is 0 Å². The summed E-state index contributed by atoms with van der Waals surface area (Å²) >= 11 is 0. The second kappa shape index (κ2) is 5.74. The highest BCUT2D eigenvalue weighted by molar-refractivity contribution is 5.64. The molecule has 1 aromatic heterocycles. The molecule has 0 N–H and O–H groups in total. The number of hydrogen-bond donors (Lipinski definition) is 0. The van der Waals surface area contributed by atoms with Gasteiger partial charge in [0.1, 0.15) is 11.8 Å². The van der Waals surface area contributed by atoms with Crippen molar-refractivity contribution in [1.29, 1.82) is 5.26 Å². The standard InChI is InChI=1S/C18H15N3O/c1-13-6-8-14(9-7-13)18-10-15(12-19)20-21(18)16-4-3-5-17(11-16)22-2/h3-11H,1-2H3. The van der Waals surface area contributed by atoms with Gasteiger partial charge in [-0.1, -0.05) is 35.9 Å². The predicted octanol–water partition coefficient (Wildman–Crippen LogP) is 3.73. The van der Waals surface area contributed by atoms with Gasteiger partial charge in [-0.05, 0) is 19.1 Å². The van der Waals surface area contributed by atoms with Crippen LogP contribution in [0.25, 0.3) is 16.9 Å². The van der Waals surface area contributed by atoms with Gasteiger partial charge in [0.15, 0.2) is 5.69 Å². The van der Waals surface area contributed by atoms with E-state index in [4.69, 9.17) is 10.00 Å². The Morgan fingerprint density at radius 3 is 2.55 bits per heavy atom. The molecule has 0 bridgehead atoms. The van der Waals surface area contributed by atoms with Crippen molar-refractivity contribution in [3.05, 3.63) is 65.9 Å². The van der Waals surface area contributed by atoms with Crippen molar-refractivity contribution >= 4 is 0 Å². The molecular formula is C18H15N3O. The molecule has 0 saturated heterocycles. The minimum atomic E-state index is 0.387. The van der Waals surface area contributed by atoms with E-state index in [0.717, 1.165) is 22.7 Å². The average Bonchev–Trinajstić information content (AvgIpc) is 3.00. The lowest BCUT2D eigenvalue weighted by Crippen LogP contribution is -1.99. The molecule has 0 aliphatic rings. The van der Waals surface area contributed by atoms with Crippen LogP contribution >= 0.6 is 0 Å². The molecule has 0 aliphatic heterocycles. The number of rotatable bonds is 3. The van der Waals surface area contributed by atoms with Crippen LogP contribution in [0.3, 0.4) is 0 Å². The van der Waals surface area contributed by atoms with Crippen molar-refractivity contribution in [3.8, 4) is 28.8 Å². The van der Waals surface area contributed by atoms with E-state index in [9.17, 15) is 0 Å². The fraction of sp³-hybridized carbons (Fsp3) is 0.111. The van der Waals surface area contributed by atoms with Gasteiger partial charge in [0, 0.05) is 17.7 Å². The second-order valence-electron chi connectivity index (χ2n) is 5.01. The number of hydrogen-bond acceptors (Lipinski definition) is 3. The van der Waals surface area contributed by atoms with E-state index in [1.54, 1.807) is 17.9 Å². The highest BCUT2D eigenvalue weighted by Gasteiger charge is 2.12. The normalized spacial score (nSPS) is 10.2. The van der Waals surface area contributed by atoms with Gasteiger partial charge in [-0.2, -0.15) is 10.4 Å². The van der Waals surface area contributed by atoms with Gasteiger partial charge in [-0.25, -0.2) is 4.68 Å². The van der Waals surface area contributed by atoms with Gasteiger partial charge >= 0.3 is 0 Å². The lowest BCUT2D eigenvalue weighted by molar-refractivity contribution is 0.414. The maximum absolute atomic E-state index is 9.16. The molecule has 0 amide bonds. The molecule has 0 saturated carbocycles. The Bertz CT molecular complexity index is 842. The Balaban J connectivity index is 2.16. The molecular weight excluding hydrogens is 274 g/mol. The summed E-state index contributed by atoms with van der Waals surface area (Å²) in [6.07, 6.45) is 0. The largest absolute Gasteiger partial charge is 0.497 e. The molecule has 0 radical (unpaired) electrons. The summed E-state index contributed by atoms with van der Waals surface area (Å²) in [5.41, 5.74) is 4.33. The van der Waals surface area contributed by atoms with Crippen LogP contribution in [-0.4, -0.2) is 16.9 Å². The number of nitriles is 1. The second-order valence-corrected chi connectivity index (χ2v) is 5.01. The third-order valence-corrected chi connectivity index (χ3v) is 3.47. The lowest BCUT2D eigenvalue weighted by atomic mass is 10.1. The van der Waals surface area contributed by atoms with Crippen LogP contribution in [0.2, 0.25) is 0 Å². The Kier molecular flexibility index (Phi) is 3.63. The first-order chi connectivity index (χ1) is 10.7. The van der Waals surface area contributed by atoms with E-state index in [2.05, 4.69) is 11.2 Å². The number of ether oxygens (including phenoxy) is 1. The van der Waals surface area contributed by atoms with Crippen LogP contribution < -0.4 is 4.74 Å². The van der Waals surface area contributed by atoms with Gasteiger partial charge < -0.3 is 4.74 Å². The Morgan fingerprint density at radius 2 is 1.86 bits per heavy atom. The number of methoxy groups -OCH3 is 1. The van der Waals surface area contributed by atoms with Crippen molar-refractivity contribution < 1.29 is 4.74 Å². The Labute approximate surface area is 129 Å². The summed E-state index contributed by atoms with van der Waals surface area (Å²) < 4.78 is 7.03. The van der Waals surface area contributed by atoms with E-state index in [0.29, 0.717) is 5.69 Å². The Hall–Kier alpha value is -3.06. The van der Waals surface area contributed by atoms with E-state index in [1.807, 2.05) is 55.5 Å². The van der Waals surface area contributed by atoms with Crippen molar-refractivity contribution in [2.24, 2.45) is 0 Å². The average molecular weight is 289 g/mol. The van der Waals surface area contributed by atoms with Crippen molar-refractivity contribution in [3.63, 3.8) is 0 Å². The molecule has 0 spiro atoms. The van der Waals surface area contributed by atoms with Crippen molar-refractivity contribution in [2.45, 2.75) is 6.92 Å². The summed E-state index contributed by atoms with van der Waals surface area (Å²) in [7, 11) is 1.63. The van der Waals surface area contributed by atoms with Crippen LogP contribution in [-0.2, 0) is 0 Å². The topological polar surface area (TPSA) is 50.8 Å². The molecule has 3 rings (SSSR count). The summed E-state index contributed by atoms with van der Waals surface area (Å²) in [4.78, 5) is 0. The summed E-state index contributed by atoms with van der Waals surface area (Å²) in [6.45, 7) is 2.05. The van der Waals surface area contributed by atoms with Crippen molar-refractivity contribution in [1.82, 2.24) is 9.78 Å². The molecule has 4 heteroatoms. The van der Waals surface area contributed by atoms with Crippen LogP contribution in [0.5, 0.6) is 5.75 Å². The molecule has 2 aromatic carbocycles. The molecule has 22 heavy (non-hydrogen) atoms. The van der Waals surface area contributed by atoms with Gasteiger partial charge in [0.05, 0.1) is 18.5 Å². The number of benzene rings is 2. The molecule has 0 atom stereocenters. The quantitative estimate of drug-likeness (QED) is 0.738. The molecule has 4 nitrogen and oxygen atoms in total. The minimum Gasteiger partial charge on any atom is -0.497 e. The fourth-order valence-corrected chi connectivity index (χ4v) is 2.30. The monoisotopic (exact) mass is 289 g/mol. The van der Waals surface area contributed by atoms with Crippen LogP contribution in [0, 0.1) is 18.3 Å². The van der Waals surface area contributed by atoms with E-state index >= 15 is 0 Å². The highest BCUT2D eigenvalue weighted by Crippen LogP contribution is 2.26. The van der Waals surface area contributed by atoms with Gasteiger partial charge in [-0.3, -0.25) is 0 Å². The zero-order chi connectivity index (χ0) is 15.5. The third-order valence-electron chi connectivity index (χ3n) is 3.47. The summed E-state index contributed by atoms with van der Waals surface area (Å²) in [5.74, 6) is 0.751. The molecule has 108 valence electrons. The van der Waals surface area contributed by atoms with Gasteiger partial charge in [0.25, 0.3) is 0 Å². The fourth-order valence-electron chi connectivity index (χ4n) is 2.30. The molecule has 3 aromatic rings. The van der Waals surface area contributed by atoms with Gasteiger partial charge in [0.2, 0.25) is 0 Å². The van der Waals surface area contributed by atoms with Crippen LogP contribution in [0.15, 0.2) is 54.6 Å². The third kappa shape index (κ3) is 2.57. The van der Waals surface area contributed by atoms with E-state index in [-0.39, 0.29) is 0 Å².